The van der Waals surface area contributed by atoms with Crippen molar-refractivity contribution < 1.29 is 24.9 Å². The van der Waals surface area contributed by atoms with Crippen molar-refractivity contribution >= 4 is 28.4 Å². The minimum absolute atomic E-state index is 0.0631. The first kappa shape index (κ1) is 21.0. The van der Waals surface area contributed by atoms with Crippen molar-refractivity contribution in [2.45, 2.75) is 19.3 Å². The second kappa shape index (κ2) is 9.67. The highest BCUT2D eigenvalue weighted by atomic mass is 35.5. The molecule has 1 aromatic heterocycles. The van der Waals surface area contributed by atoms with Crippen LogP contribution in [-0.2, 0) is 17.9 Å². The molecule has 1 amide bonds. The lowest BCUT2D eigenvalue weighted by atomic mass is 10.1. The summed E-state index contributed by atoms with van der Waals surface area (Å²) in [5, 5.41) is 32.5. The summed E-state index contributed by atoms with van der Waals surface area (Å²) in [6.07, 6.45) is 0.654. The van der Waals surface area contributed by atoms with Gasteiger partial charge in [-0.2, -0.15) is 0 Å². The molecule has 0 atom stereocenters. The molecule has 8 heteroatoms. The second-order valence-electron chi connectivity index (χ2n) is 6.48. The predicted molar refractivity (Wildman–Crippen MR) is 109 cm³/mol. The van der Waals surface area contributed by atoms with E-state index in [0.29, 0.717) is 21.5 Å². The number of aliphatic hydroxyl groups is 2. The molecule has 0 aliphatic carbocycles. The van der Waals surface area contributed by atoms with Crippen LogP contribution in [-0.4, -0.2) is 45.5 Å². The van der Waals surface area contributed by atoms with E-state index in [2.05, 4.69) is 10.3 Å². The van der Waals surface area contributed by atoms with Gasteiger partial charge in [0.1, 0.15) is 17.4 Å². The topological polar surface area (TPSA) is 112 Å². The highest BCUT2D eigenvalue weighted by Gasteiger charge is 2.15. The van der Waals surface area contributed by atoms with E-state index in [1.807, 2.05) is 0 Å². The van der Waals surface area contributed by atoms with E-state index in [0.717, 1.165) is 5.56 Å². The third kappa shape index (κ3) is 5.21. The molecule has 3 aromatic rings. The van der Waals surface area contributed by atoms with E-state index in [9.17, 15) is 9.90 Å². The van der Waals surface area contributed by atoms with E-state index in [1.54, 1.807) is 42.5 Å². The summed E-state index contributed by atoms with van der Waals surface area (Å²) in [7, 11) is 0. The first-order valence-electron chi connectivity index (χ1n) is 8.98. The number of benzene rings is 2. The Hall–Kier alpha value is -2.71. The zero-order valence-corrected chi connectivity index (χ0v) is 16.3. The largest absolute Gasteiger partial charge is 0.506 e. The molecule has 0 radical (unpaired) electrons. The summed E-state index contributed by atoms with van der Waals surface area (Å²) in [6, 6.07) is 12.2. The molecule has 0 aliphatic rings. The van der Waals surface area contributed by atoms with E-state index in [1.165, 1.54) is 6.20 Å². The van der Waals surface area contributed by atoms with Crippen molar-refractivity contribution in [3.05, 3.63) is 70.4 Å². The highest BCUT2D eigenvalue weighted by Crippen LogP contribution is 2.28. The Bertz CT molecular complexity index is 990. The molecule has 2 aromatic carbocycles. The zero-order valence-electron chi connectivity index (χ0n) is 15.5. The number of amides is 1. The van der Waals surface area contributed by atoms with Crippen LogP contribution in [0.4, 0.5) is 0 Å². The van der Waals surface area contributed by atoms with Crippen LogP contribution in [0.2, 0.25) is 5.02 Å². The number of rotatable bonds is 8. The number of hydrogen-bond donors (Lipinski definition) is 4. The van der Waals surface area contributed by atoms with E-state index in [-0.39, 0.29) is 37.7 Å². The minimum Gasteiger partial charge on any atom is -0.506 e. The number of hydrogen-bond acceptors (Lipinski definition) is 6. The average molecular weight is 417 g/mol. The van der Waals surface area contributed by atoms with Gasteiger partial charge in [-0.05, 0) is 35.4 Å². The van der Waals surface area contributed by atoms with Gasteiger partial charge < -0.3 is 25.4 Å². The van der Waals surface area contributed by atoms with Gasteiger partial charge in [-0.25, -0.2) is 0 Å². The van der Waals surface area contributed by atoms with Crippen molar-refractivity contribution in [3.63, 3.8) is 0 Å². The van der Waals surface area contributed by atoms with Crippen molar-refractivity contribution in [1.29, 1.82) is 0 Å². The van der Waals surface area contributed by atoms with Gasteiger partial charge in [-0.1, -0.05) is 29.8 Å². The SMILES string of the molecule is O=C(NCc1ccc(Cl)cc1)c1cnc2ccc(COC(CO)CO)cc2c1O. The number of halogens is 1. The van der Waals surface area contributed by atoms with Crippen LogP contribution in [0.25, 0.3) is 10.9 Å². The first-order chi connectivity index (χ1) is 14.0. The highest BCUT2D eigenvalue weighted by molar-refractivity contribution is 6.30. The monoisotopic (exact) mass is 416 g/mol. The van der Waals surface area contributed by atoms with Crippen LogP contribution < -0.4 is 5.32 Å². The number of ether oxygens (including phenoxy) is 1. The molecule has 4 N–H and O–H groups in total. The molecule has 152 valence electrons. The Morgan fingerprint density at radius 2 is 1.79 bits per heavy atom. The average Bonchev–Trinajstić information content (AvgIpc) is 2.74. The Balaban J connectivity index is 1.76. The van der Waals surface area contributed by atoms with Crippen molar-refractivity contribution in [3.8, 4) is 5.75 Å². The smallest absolute Gasteiger partial charge is 0.256 e. The number of fused-ring (bicyclic) bond motifs is 1. The Kier molecular flexibility index (Phi) is 7.00. The van der Waals surface area contributed by atoms with Crippen LogP contribution in [0.1, 0.15) is 21.5 Å². The summed E-state index contributed by atoms with van der Waals surface area (Å²) in [5.41, 5.74) is 2.17. The first-order valence-corrected chi connectivity index (χ1v) is 9.36. The van der Waals surface area contributed by atoms with Crippen LogP contribution in [0.15, 0.2) is 48.7 Å². The van der Waals surface area contributed by atoms with Gasteiger partial charge in [0, 0.05) is 23.2 Å². The number of carbonyl (C=O) groups is 1. The van der Waals surface area contributed by atoms with Gasteiger partial charge in [-0.3, -0.25) is 9.78 Å². The van der Waals surface area contributed by atoms with Gasteiger partial charge in [0.25, 0.3) is 5.91 Å². The standard InChI is InChI=1S/C21H21ClN2O5/c22-15-4-1-13(2-5-15)8-24-21(28)18-9-23-19-6-3-14(7-17(19)20(18)27)12-29-16(10-25)11-26/h1-7,9,16,25-26H,8,10-12H2,(H,23,27)(H,24,28). The Morgan fingerprint density at radius 3 is 2.48 bits per heavy atom. The molecule has 1 heterocycles. The molecule has 0 aliphatic heterocycles. The Morgan fingerprint density at radius 1 is 1.10 bits per heavy atom. The van der Waals surface area contributed by atoms with Crippen LogP contribution in [0, 0.1) is 0 Å². The molecule has 7 nitrogen and oxygen atoms in total. The molecule has 0 bridgehead atoms. The fourth-order valence-corrected chi connectivity index (χ4v) is 2.86. The lowest BCUT2D eigenvalue weighted by molar-refractivity contribution is -0.0284. The summed E-state index contributed by atoms with van der Waals surface area (Å²) >= 11 is 5.85. The van der Waals surface area contributed by atoms with Crippen LogP contribution in [0.5, 0.6) is 5.75 Å². The maximum Gasteiger partial charge on any atom is 0.256 e. The number of nitrogens with one attached hydrogen (secondary N) is 1. The second-order valence-corrected chi connectivity index (χ2v) is 6.92. The van der Waals surface area contributed by atoms with Gasteiger partial charge >= 0.3 is 0 Å². The molecule has 0 saturated heterocycles. The van der Waals surface area contributed by atoms with E-state index >= 15 is 0 Å². The number of pyridine rings is 1. The molecule has 3 rings (SSSR count). The normalized spacial score (nSPS) is 11.2. The number of carbonyl (C=O) groups excluding carboxylic acids is 1. The van der Waals surface area contributed by atoms with Crippen LogP contribution >= 0.6 is 11.6 Å². The number of aliphatic hydroxyl groups excluding tert-OH is 2. The number of aromatic nitrogens is 1. The fourth-order valence-electron chi connectivity index (χ4n) is 2.74. The lowest BCUT2D eigenvalue weighted by Crippen LogP contribution is -2.23. The molecule has 29 heavy (non-hydrogen) atoms. The third-order valence-electron chi connectivity index (χ3n) is 4.41. The molecular weight excluding hydrogens is 396 g/mol. The summed E-state index contributed by atoms with van der Waals surface area (Å²) in [6.45, 7) is -0.178. The summed E-state index contributed by atoms with van der Waals surface area (Å²) in [5.74, 6) is -0.625. The lowest BCUT2D eigenvalue weighted by Gasteiger charge is -2.13. The Labute approximate surface area is 172 Å². The molecule has 0 fully saturated rings. The molecular formula is C21H21ClN2O5. The molecule has 0 spiro atoms. The maximum atomic E-state index is 12.5. The van der Waals surface area contributed by atoms with Gasteiger partial charge in [0.05, 0.1) is 25.3 Å². The minimum atomic E-state index is -0.678. The van der Waals surface area contributed by atoms with Gasteiger partial charge in [0.2, 0.25) is 0 Å². The van der Waals surface area contributed by atoms with E-state index in [4.69, 9.17) is 26.6 Å². The number of aromatic hydroxyl groups is 1. The van der Waals surface area contributed by atoms with Crippen molar-refractivity contribution in [2.75, 3.05) is 13.2 Å². The summed E-state index contributed by atoms with van der Waals surface area (Å²) < 4.78 is 5.40. The van der Waals surface area contributed by atoms with Crippen molar-refractivity contribution in [2.24, 2.45) is 0 Å². The predicted octanol–water partition coefficient (Wildman–Crippen LogP) is 2.39. The third-order valence-corrected chi connectivity index (χ3v) is 4.66. The molecule has 0 saturated carbocycles. The maximum absolute atomic E-state index is 12.5. The molecule has 0 unspecified atom stereocenters. The van der Waals surface area contributed by atoms with E-state index < -0.39 is 12.0 Å². The zero-order chi connectivity index (χ0) is 20.8. The van der Waals surface area contributed by atoms with Crippen molar-refractivity contribution in [1.82, 2.24) is 10.3 Å². The quantitative estimate of drug-likeness (QED) is 0.448. The fraction of sp³-hybridized carbons (Fsp3) is 0.238. The summed E-state index contributed by atoms with van der Waals surface area (Å²) in [4.78, 5) is 16.7. The van der Waals surface area contributed by atoms with Gasteiger partial charge in [0.15, 0.2) is 0 Å². The number of nitrogens with zero attached hydrogens (tertiary/aromatic N) is 1. The van der Waals surface area contributed by atoms with Crippen LogP contribution in [0.3, 0.4) is 0 Å². The van der Waals surface area contributed by atoms with Gasteiger partial charge in [-0.15, -0.1) is 0 Å².